The fourth-order valence-electron chi connectivity index (χ4n) is 1.98. The third-order valence-electron chi connectivity index (χ3n) is 3.53. The summed E-state index contributed by atoms with van der Waals surface area (Å²) in [5.41, 5.74) is 2.77. The van der Waals surface area contributed by atoms with Crippen LogP contribution in [0.15, 0.2) is 24.3 Å². The molecule has 0 aliphatic carbocycles. The first-order chi connectivity index (χ1) is 9.17. The van der Waals surface area contributed by atoms with Gasteiger partial charge in [-0.15, -0.1) is 0 Å². The Labute approximate surface area is 123 Å². The van der Waals surface area contributed by atoms with Crippen LogP contribution in [0.2, 0.25) is 0 Å². The van der Waals surface area contributed by atoms with E-state index in [0.717, 1.165) is 19.6 Å². The molecule has 1 atom stereocenters. The molecule has 0 aromatic heterocycles. The maximum absolute atomic E-state index is 3.35. The number of nitrogens with zero attached hydrogens (tertiary/aromatic N) is 1. The van der Waals surface area contributed by atoms with Gasteiger partial charge in [0.25, 0.3) is 0 Å². The Morgan fingerprint density at radius 3 is 2.42 bits per heavy atom. The van der Waals surface area contributed by atoms with Crippen molar-refractivity contribution in [2.24, 2.45) is 0 Å². The zero-order valence-corrected chi connectivity index (χ0v) is 13.6. The number of hydrogen-bond acceptors (Lipinski definition) is 3. The summed E-state index contributed by atoms with van der Waals surface area (Å²) in [4.78, 5) is 2.44. The van der Waals surface area contributed by atoms with Gasteiger partial charge in [0.2, 0.25) is 0 Å². The van der Waals surface area contributed by atoms with Gasteiger partial charge in [-0.1, -0.05) is 31.2 Å². The Bertz CT molecular complexity index is 337. The minimum Gasteiger partial charge on any atom is -0.313 e. The molecular weight excluding hydrogens is 252 g/mol. The van der Waals surface area contributed by atoms with Crippen molar-refractivity contribution in [3.05, 3.63) is 35.4 Å². The van der Waals surface area contributed by atoms with Gasteiger partial charge in [-0.2, -0.15) is 11.8 Å². The fraction of sp³-hybridized carbons (Fsp3) is 0.625. The molecule has 19 heavy (non-hydrogen) atoms. The highest BCUT2D eigenvalue weighted by Gasteiger charge is 2.09. The van der Waals surface area contributed by atoms with Crippen LogP contribution in [-0.4, -0.2) is 36.5 Å². The van der Waals surface area contributed by atoms with Gasteiger partial charge < -0.3 is 5.32 Å². The molecule has 1 unspecified atom stereocenters. The first-order valence-electron chi connectivity index (χ1n) is 7.15. The third kappa shape index (κ3) is 6.46. The van der Waals surface area contributed by atoms with Crippen molar-refractivity contribution in [3.8, 4) is 0 Å². The second-order valence-electron chi connectivity index (χ2n) is 5.14. The monoisotopic (exact) mass is 280 g/mol. The number of thioether (sulfide) groups is 1. The molecule has 0 radical (unpaired) electrons. The van der Waals surface area contributed by atoms with Crippen molar-refractivity contribution in [3.63, 3.8) is 0 Å². The smallest absolute Gasteiger partial charge is 0.0233 e. The van der Waals surface area contributed by atoms with Crippen LogP contribution in [-0.2, 0) is 13.1 Å². The first kappa shape index (κ1) is 16.5. The van der Waals surface area contributed by atoms with E-state index in [0.29, 0.717) is 6.04 Å². The Balaban J connectivity index is 2.43. The van der Waals surface area contributed by atoms with E-state index in [1.807, 2.05) is 11.8 Å². The minimum atomic E-state index is 0.647. The molecule has 0 spiro atoms. The van der Waals surface area contributed by atoms with Crippen molar-refractivity contribution in [2.45, 2.75) is 39.4 Å². The lowest BCUT2D eigenvalue weighted by atomic mass is 10.1. The van der Waals surface area contributed by atoms with Crippen molar-refractivity contribution in [1.29, 1.82) is 0 Å². The summed E-state index contributed by atoms with van der Waals surface area (Å²) in [6.07, 6.45) is 3.44. The second kappa shape index (κ2) is 9.40. The zero-order chi connectivity index (χ0) is 14.1. The van der Waals surface area contributed by atoms with E-state index in [4.69, 9.17) is 0 Å². The first-order valence-corrected chi connectivity index (χ1v) is 8.54. The van der Waals surface area contributed by atoms with Crippen LogP contribution >= 0.6 is 11.8 Å². The van der Waals surface area contributed by atoms with E-state index in [-0.39, 0.29) is 0 Å². The Morgan fingerprint density at radius 2 is 1.84 bits per heavy atom. The van der Waals surface area contributed by atoms with Crippen molar-refractivity contribution in [1.82, 2.24) is 10.2 Å². The highest BCUT2D eigenvalue weighted by molar-refractivity contribution is 7.98. The lowest BCUT2D eigenvalue weighted by Gasteiger charge is -2.24. The van der Waals surface area contributed by atoms with Gasteiger partial charge in [-0.3, -0.25) is 4.90 Å². The van der Waals surface area contributed by atoms with Crippen LogP contribution in [0.5, 0.6) is 0 Å². The molecule has 0 heterocycles. The Hall–Kier alpha value is -0.510. The summed E-state index contributed by atoms with van der Waals surface area (Å²) in [6.45, 7) is 7.49. The number of hydrogen-bond donors (Lipinski definition) is 1. The van der Waals surface area contributed by atoms with Crippen LogP contribution in [0.25, 0.3) is 0 Å². The molecule has 0 saturated carbocycles. The van der Waals surface area contributed by atoms with Crippen LogP contribution in [0.3, 0.4) is 0 Å². The molecule has 0 saturated heterocycles. The summed E-state index contributed by atoms with van der Waals surface area (Å²) in [7, 11) is 2.22. The highest BCUT2D eigenvalue weighted by Crippen LogP contribution is 2.11. The molecule has 0 amide bonds. The van der Waals surface area contributed by atoms with E-state index in [1.54, 1.807) is 0 Å². The molecule has 2 nitrogen and oxygen atoms in total. The quantitative estimate of drug-likeness (QED) is 0.746. The fourth-order valence-corrected chi connectivity index (χ4v) is 2.56. The Morgan fingerprint density at radius 1 is 1.21 bits per heavy atom. The average molecular weight is 280 g/mol. The SMILES string of the molecule is CCNCc1ccc(CN(C)C(C)CCSC)cc1. The maximum atomic E-state index is 3.35. The summed E-state index contributed by atoms with van der Waals surface area (Å²) < 4.78 is 0. The normalized spacial score (nSPS) is 12.9. The molecule has 0 aliphatic rings. The van der Waals surface area contributed by atoms with Gasteiger partial charge in [-0.25, -0.2) is 0 Å². The lowest BCUT2D eigenvalue weighted by Crippen LogP contribution is -2.29. The van der Waals surface area contributed by atoms with Crippen LogP contribution < -0.4 is 5.32 Å². The molecule has 0 fully saturated rings. The van der Waals surface area contributed by atoms with Gasteiger partial charge in [-0.05, 0) is 50.1 Å². The predicted molar refractivity (Wildman–Crippen MR) is 87.8 cm³/mol. The standard InChI is InChI=1S/C16H28N2S/c1-5-17-12-15-6-8-16(9-7-15)13-18(3)14(2)10-11-19-4/h6-9,14,17H,5,10-13H2,1-4H3. The molecule has 1 aromatic rings. The van der Waals surface area contributed by atoms with E-state index in [1.165, 1.54) is 23.3 Å². The third-order valence-corrected chi connectivity index (χ3v) is 4.17. The van der Waals surface area contributed by atoms with E-state index in [9.17, 15) is 0 Å². The van der Waals surface area contributed by atoms with Crippen molar-refractivity contribution < 1.29 is 0 Å². The van der Waals surface area contributed by atoms with Crippen LogP contribution in [0.4, 0.5) is 0 Å². The topological polar surface area (TPSA) is 15.3 Å². The lowest BCUT2D eigenvalue weighted by molar-refractivity contribution is 0.245. The number of benzene rings is 1. The van der Waals surface area contributed by atoms with Crippen molar-refractivity contribution in [2.75, 3.05) is 25.6 Å². The number of rotatable bonds is 9. The second-order valence-corrected chi connectivity index (χ2v) is 6.13. The molecule has 3 heteroatoms. The zero-order valence-electron chi connectivity index (χ0n) is 12.8. The minimum absolute atomic E-state index is 0.647. The van der Waals surface area contributed by atoms with Gasteiger partial charge in [0.05, 0.1) is 0 Å². The van der Waals surface area contributed by atoms with Crippen LogP contribution in [0, 0.1) is 0 Å². The molecule has 1 rings (SSSR count). The predicted octanol–water partition coefficient (Wildman–Crippen LogP) is 3.37. The highest BCUT2D eigenvalue weighted by atomic mass is 32.2. The van der Waals surface area contributed by atoms with Crippen LogP contribution in [0.1, 0.15) is 31.4 Å². The van der Waals surface area contributed by atoms with E-state index < -0.39 is 0 Å². The summed E-state index contributed by atoms with van der Waals surface area (Å²) in [5, 5.41) is 3.35. The molecule has 1 N–H and O–H groups in total. The summed E-state index contributed by atoms with van der Waals surface area (Å²) >= 11 is 1.93. The molecule has 0 aliphatic heterocycles. The van der Waals surface area contributed by atoms with Gasteiger partial charge >= 0.3 is 0 Å². The molecule has 0 bridgehead atoms. The summed E-state index contributed by atoms with van der Waals surface area (Å²) in [5.74, 6) is 1.24. The largest absolute Gasteiger partial charge is 0.313 e. The van der Waals surface area contributed by atoms with Gasteiger partial charge in [0, 0.05) is 19.1 Å². The van der Waals surface area contributed by atoms with Gasteiger partial charge in [0.1, 0.15) is 0 Å². The van der Waals surface area contributed by atoms with E-state index >= 15 is 0 Å². The summed E-state index contributed by atoms with van der Waals surface area (Å²) in [6, 6.07) is 9.63. The Kier molecular flexibility index (Phi) is 8.19. The van der Waals surface area contributed by atoms with Gasteiger partial charge in [0.15, 0.2) is 0 Å². The average Bonchev–Trinajstić information content (AvgIpc) is 2.43. The number of nitrogens with one attached hydrogen (secondary N) is 1. The maximum Gasteiger partial charge on any atom is 0.0233 e. The van der Waals surface area contributed by atoms with E-state index in [2.05, 4.69) is 61.6 Å². The molecule has 1 aromatic carbocycles. The van der Waals surface area contributed by atoms with Crippen molar-refractivity contribution >= 4 is 11.8 Å². The molecule has 108 valence electrons. The molecular formula is C16H28N2S.